The van der Waals surface area contributed by atoms with Gasteiger partial charge in [0.1, 0.15) is 17.0 Å². The van der Waals surface area contributed by atoms with Crippen LogP contribution in [0.2, 0.25) is 0 Å². The molecule has 6 nitrogen and oxygen atoms in total. The van der Waals surface area contributed by atoms with Crippen molar-refractivity contribution in [2.45, 2.75) is 59.0 Å². The van der Waals surface area contributed by atoms with Crippen molar-refractivity contribution in [3.63, 3.8) is 0 Å². The number of carbonyl (C=O) groups excluding carboxylic acids is 1. The molecule has 1 amide bonds. The Bertz CT molecular complexity index is 1170. The monoisotopic (exact) mass is 447 g/mol. The maximum atomic E-state index is 12.6. The molecule has 4 rings (SSSR count). The van der Waals surface area contributed by atoms with Crippen molar-refractivity contribution in [1.29, 1.82) is 0 Å². The third-order valence-corrected chi connectivity index (χ3v) is 6.37. The Morgan fingerprint density at radius 1 is 1.15 bits per heavy atom. The molecule has 2 unspecified atom stereocenters. The molecule has 174 valence electrons. The van der Waals surface area contributed by atoms with E-state index >= 15 is 0 Å². The van der Waals surface area contributed by atoms with Gasteiger partial charge in [0.2, 0.25) is 0 Å². The molecule has 1 N–H and O–H groups in total. The summed E-state index contributed by atoms with van der Waals surface area (Å²) >= 11 is 0. The number of piperidine rings is 1. The van der Waals surface area contributed by atoms with E-state index in [9.17, 15) is 9.90 Å². The second kappa shape index (κ2) is 9.00. The molecule has 0 spiro atoms. The molecule has 1 aliphatic rings. The van der Waals surface area contributed by atoms with Crippen LogP contribution in [0.15, 0.2) is 42.5 Å². The Labute approximate surface area is 195 Å². The van der Waals surface area contributed by atoms with Crippen LogP contribution in [0.3, 0.4) is 0 Å². The van der Waals surface area contributed by atoms with Gasteiger partial charge in [-0.15, -0.1) is 5.10 Å². The lowest BCUT2D eigenvalue weighted by Crippen LogP contribution is -2.44. The molecular formula is C27H33N3O3. The number of fused-ring (bicyclic) bond motifs is 1. The highest BCUT2D eigenvalue weighted by Gasteiger charge is 2.32. The van der Waals surface area contributed by atoms with Crippen LogP contribution < -0.4 is 0 Å². The fraction of sp³-hybridized carbons (Fsp3) is 0.444. The molecule has 3 aromatic rings. The number of hydrogen-bond donors (Lipinski definition) is 1. The third-order valence-electron chi connectivity index (χ3n) is 6.37. The lowest BCUT2D eigenvalue weighted by Gasteiger charge is -2.36. The number of aromatic nitrogens is 2. The van der Waals surface area contributed by atoms with E-state index in [4.69, 9.17) is 4.74 Å². The quantitative estimate of drug-likeness (QED) is 0.528. The van der Waals surface area contributed by atoms with Crippen LogP contribution in [0.25, 0.3) is 22.0 Å². The normalized spacial score (nSPS) is 17.7. The number of carbonyl (C=O) groups is 1. The molecule has 2 atom stereocenters. The van der Waals surface area contributed by atoms with E-state index in [0.717, 1.165) is 41.4 Å². The summed E-state index contributed by atoms with van der Waals surface area (Å²) in [6.45, 7) is 11.2. The number of amides is 1. The van der Waals surface area contributed by atoms with Gasteiger partial charge in [0.05, 0.1) is 5.69 Å². The number of ether oxygens (including phenoxy) is 1. The van der Waals surface area contributed by atoms with E-state index in [2.05, 4.69) is 23.2 Å². The number of aryl methyl sites for hydroxylation is 1. The third kappa shape index (κ3) is 4.95. The highest BCUT2D eigenvalue weighted by molar-refractivity contribution is 5.96. The zero-order valence-electron chi connectivity index (χ0n) is 20.1. The number of benzene rings is 2. The van der Waals surface area contributed by atoms with E-state index in [1.807, 2.05) is 62.9 Å². The second-order valence-corrected chi connectivity index (χ2v) is 10.1. The summed E-state index contributed by atoms with van der Waals surface area (Å²) in [5.74, 6) is 0.589. The summed E-state index contributed by atoms with van der Waals surface area (Å²) in [5, 5.41) is 21.8. The number of phenolic OH excluding ortho intramolecular Hbond substituents is 1. The van der Waals surface area contributed by atoms with Gasteiger partial charge in [-0.25, -0.2) is 4.79 Å². The van der Waals surface area contributed by atoms with Crippen LogP contribution in [0.4, 0.5) is 4.79 Å². The van der Waals surface area contributed by atoms with Crippen molar-refractivity contribution in [2.75, 3.05) is 13.1 Å². The number of rotatable bonds is 3. The molecule has 6 heteroatoms. The minimum Gasteiger partial charge on any atom is -0.507 e. The SMILES string of the molecule is Cc1ccc(-c2nnc(C(C)C3CCCN(C(=O)OC(C)(C)C)C3)c3ccccc23)c(O)c1. The van der Waals surface area contributed by atoms with Crippen LogP contribution in [0.5, 0.6) is 5.75 Å². The topological polar surface area (TPSA) is 75.6 Å². The van der Waals surface area contributed by atoms with Gasteiger partial charge >= 0.3 is 6.09 Å². The minimum atomic E-state index is -0.505. The Morgan fingerprint density at radius 3 is 2.58 bits per heavy atom. The van der Waals surface area contributed by atoms with E-state index < -0.39 is 5.60 Å². The Morgan fingerprint density at radius 2 is 1.88 bits per heavy atom. The maximum absolute atomic E-state index is 12.6. The molecule has 0 radical (unpaired) electrons. The molecule has 1 saturated heterocycles. The standard InChI is InChI=1S/C27H33N3O3/c1-17-12-13-22(23(31)15-17)25-21-11-7-6-10-20(21)24(28-29-25)18(2)19-9-8-14-30(16-19)26(32)33-27(3,4)5/h6-7,10-13,15,18-19,31H,8-9,14,16H2,1-5H3. The molecule has 0 aliphatic carbocycles. The van der Waals surface area contributed by atoms with Gasteiger partial charge in [0.15, 0.2) is 0 Å². The van der Waals surface area contributed by atoms with E-state index in [0.29, 0.717) is 17.8 Å². The van der Waals surface area contributed by atoms with Crippen LogP contribution in [-0.2, 0) is 4.74 Å². The number of aromatic hydroxyl groups is 1. The Kier molecular flexibility index (Phi) is 6.28. The Hall–Kier alpha value is -3.15. The average molecular weight is 448 g/mol. The van der Waals surface area contributed by atoms with Crippen molar-refractivity contribution in [3.05, 3.63) is 53.7 Å². The van der Waals surface area contributed by atoms with Gasteiger partial charge in [-0.2, -0.15) is 5.10 Å². The smallest absolute Gasteiger partial charge is 0.410 e. The maximum Gasteiger partial charge on any atom is 0.410 e. The molecule has 1 aromatic heterocycles. The molecule has 1 fully saturated rings. The molecule has 2 heterocycles. The highest BCUT2D eigenvalue weighted by Crippen LogP contribution is 2.38. The van der Waals surface area contributed by atoms with E-state index in [-0.39, 0.29) is 23.7 Å². The van der Waals surface area contributed by atoms with Crippen LogP contribution in [0, 0.1) is 12.8 Å². The van der Waals surface area contributed by atoms with Crippen LogP contribution >= 0.6 is 0 Å². The molecule has 0 bridgehead atoms. The van der Waals surface area contributed by atoms with Crippen molar-refractivity contribution < 1.29 is 14.6 Å². The summed E-state index contributed by atoms with van der Waals surface area (Å²) in [4.78, 5) is 14.5. The van der Waals surface area contributed by atoms with Crippen LogP contribution in [-0.4, -0.2) is 45.0 Å². The van der Waals surface area contributed by atoms with Gasteiger partial charge in [0.25, 0.3) is 0 Å². The average Bonchev–Trinajstić information content (AvgIpc) is 2.77. The van der Waals surface area contributed by atoms with E-state index in [1.165, 1.54) is 0 Å². The summed E-state index contributed by atoms with van der Waals surface area (Å²) < 4.78 is 5.60. The lowest BCUT2D eigenvalue weighted by molar-refractivity contribution is 0.0154. The fourth-order valence-electron chi connectivity index (χ4n) is 4.64. The first kappa shape index (κ1) is 23.0. The number of likely N-dealkylation sites (tertiary alicyclic amines) is 1. The molecule has 1 aliphatic heterocycles. The first-order chi connectivity index (χ1) is 15.6. The zero-order chi connectivity index (χ0) is 23.8. The van der Waals surface area contributed by atoms with Gasteiger partial charge < -0.3 is 14.7 Å². The van der Waals surface area contributed by atoms with Gasteiger partial charge in [-0.05, 0) is 64.2 Å². The fourth-order valence-corrected chi connectivity index (χ4v) is 4.64. The predicted octanol–water partition coefficient (Wildman–Crippen LogP) is 6.06. The first-order valence-corrected chi connectivity index (χ1v) is 11.7. The lowest BCUT2D eigenvalue weighted by atomic mass is 9.83. The molecule has 2 aromatic carbocycles. The summed E-state index contributed by atoms with van der Waals surface area (Å²) in [7, 11) is 0. The van der Waals surface area contributed by atoms with Crippen LogP contribution in [0.1, 0.15) is 57.7 Å². The largest absolute Gasteiger partial charge is 0.507 e. The second-order valence-electron chi connectivity index (χ2n) is 10.1. The number of phenols is 1. The van der Waals surface area contributed by atoms with Crippen molar-refractivity contribution in [2.24, 2.45) is 5.92 Å². The highest BCUT2D eigenvalue weighted by atomic mass is 16.6. The summed E-state index contributed by atoms with van der Waals surface area (Å²) in [5.41, 5.74) is 2.77. The minimum absolute atomic E-state index is 0.119. The molecule has 0 saturated carbocycles. The van der Waals surface area contributed by atoms with Gasteiger partial charge in [-0.1, -0.05) is 37.3 Å². The number of nitrogens with zero attached hydrogens (tertiary/aromatic N) is 3. The van der Waals surface area contributed by atoms with Gasteiger partial charge in [0, 0.05) is 35.3 Å². The van der Waals surface area contributed by atoms with Crippen molar-refractivity contribution in [3.8, 4) is 17.0 Å². The molecule has 33 heavy (non-hydrogen) atoms. The number of hydrogen-bond acceptors (Lipinski definition) is 5. The zero-order valence-corrected chi connectivity index (χ0v) is 20.1. The predicted molar refractivity (Wildman–Crippen MR) is 130 cm³/mol. The first-order valence-electron chi connectivity index (χ1n) is 11.7. The summed E-state index contributed by atoms with van der Waals surface area (Å²) in [6.07, 6.45) is 1.71. The van der Waals surface area contributed by atoms with Crippen molar-refractivity contribution >= 4 is 16.9 Å². The Balaban J connectivity index is 1.65. The van der Waals surface area contributed by atoms with Crippen molar-refractivity contribution in [1.82, 2.24) is 15.1 Å². The summed E-state index contributed by atoms with van der Waals surface area (Å²) in [6, 6.07) is 13.7. The van der Waals surface area contributed by atoms with E-state index in [1.54, 1.807) is 6.07 Å². The molecular weight excluding hydrogens is 414 g/mol. The van der Waals surface area contributed by atoms with Gasteiger partial charge in [-0.3, -0.25) is 0 Å².